The van der Waals surface area contributed by atoms with Gasteiger partial charge in [0.25, 0.3) is 0 Å². The minimum absolute atomic E-state index is 0. The molecule has 2 heterocycles. The SMILES string of the molecule is CCC1=PC2=CC=CC2=C1.CCc1ccc(-c2cc3ccccc3[cH-]2)o1.[Cl-].[Cl-].[Zr+3]. The normalized spacial score (nSPS) is 13.7. The molecule has 5 rings (SSSR count). The first-order valence-corrected chi connectivity index (χ1v) is 10.1. The second-order valence-electron chi connectivity index (χ2n) is 6.46. The Morgan fingerprint density at radius 1 is 1.00 bits per heavy atom. The fraction of sp³-hybridized carbons (Fsp3) is 0.167. The van der Waals surface area contributed by atoms with Gasteiger partial charge in [-0.15, -0.1) is 29.0 Å². The Morgan fingerprint density at radius 2 is 1.79 bits per heavy atom. The van der Waals surface area contributed by atoms with Crippen LogP contribution < -0.4 is 24.8 Å². The second kappa shape index (κ2) is 12.0. The van der Waals surface area contributed by atoms with E-state index in [1.165, 1.54) is 41.8 Å². The molecule has 147 valence electrons. The Kier molecular flexibility index (Phi) is 10.7. The molecular weight excluding hydrogens is 497 g/mol. The van der Waals surface area contributed by atoms with Gasteiger partial charge in [0.2, 0.25) is 0 Å². The summed E-state index contributed by atoms with van der Waals surface area (Å²) in [5, 5.41) is 5.57. The Bertz CT molecular complexity index is 1040. The van der Waals surface area contributed by atoms with Crippen molar-refractivity contribution in [2.75, 3.05) is 0 Å². The van der Waals surface area contributed by atoms with Crippen LogP contribution in [0.2, 0.25) is 0 Å². The number of furan rings is 1. The van der Waals surface area contributed by atoms with Crippen LogP contribution in [0.4, 0.5) is 0 Å². The van der Waals surface area contributed by atoms with Crippen molar-refractivity contribution in [3.05, 3.63) is 89.5 Å². The van der Waals surface area contributed by atoms with Crippen LogP contribution in [-0.4, -0.2) is 5.29 Å². The monoisotopic (exact) mass is 517 g/mol. The maximum absolute atomic E-state index is 5.75. The zero-order valence-corrected chi connectivity index (χ0v) is 21.3. The van der Waals surface area contributed by atoms with Gasteiger partial charge in [0.05, 0.1) is 11.5 Å². The molecule has 1 radical (unpaired) electrons. The van der Waals surface area contributed by atoms with E-state index in [1.807, 2.05) is 12.1 Å². The molecule has 0 amide bonds. The van der Waals surface area contributed by atoms with Gasteiger partial charge in [0.15, 0.2) is 0 Å². The van der Waals surface area contributed by atoms with Gasteiger partial charge in [-0.1, -0.05) is 58.0 Å². The third-order valence-electron chi connectivity index (χ3n) is 4.69. The summed E-state index contributed by atoms with van der Waals surface area (Å²) in [6.45, 7) is 4.31. The smallest absolute Gasteiger partial charge is 1.00 e. The third-order valence-corrected chi connectivity index (χ3v) is 6.07. The van der Waals surface area contributed by atoms with Gasteiger partial charge in [-0.05, 0) is 41.6 Å². The van der Waals surface area contributed by atoms with Crippen molar-refractivity contribution in [1.82, 2.24) is 0 Å². The minimum atomic E-state index is 0. The molecule has 5 heteroatoms. The minimum Gasteiger partial charge on any atom is -1.00 e. The molecule has 0 spiro atoms. The molecule has 0 saturated carbocycles. The molecule has 0 fully saturated rings. The van der Waals surface area contributed by atoms with Crippen LogP contribution in [0, 0.1) is 0 Å². The standard InChI is InChI=1S/C15H13O.C9H9P.2ClH.Zr/c1-2-14-7-8-15(16-14)13-9-11-5-3-4-6-12(11)10-13;1-2-8-6-7-4-3-5-9(7)10-8;;;/h3-10H,2H2,1H3;3-6H,2H2,1H3;2*1H;/q-1;;;;+3/p-2. The second-order valence-corrected chi connectivity index (χ2v) is 7.74. The van der Waals surface area contributed by atoms with Crippen molar-refractivity contribution in [3.63, 3.8) is 0 Å². The van der Waals surface area contributed by atoms with E-state index in [-0.39, 0.29) is 51.0 Å². The van der Waals surface area contributed by atoms with Crippen LogP contribution in [0.5, 0.6) is 0 Å². The van der Waals surface area contributed by atoms with Crippen LogP contribution in [0.3, 0.4) is 0 Å². The summed E-state index contributed by atoms with van der Waals surface area (Å²) in [6.07, 6.45) is 11.0. The van der Waals surface area contributed by atoms with Gasteiger partial charge in [0.1, 0.15) is 0 Å². The first-order valence-electron chi connectivity index (χ1n) is 9.19. The van der Waals surface area contributed by atoms with E-state index in [0.29, 0.717) is 0 Å². The summed E-state index contributed by atoms with van der Waals surface area (Å²) in [5.41, 5.74) is 2.60. The Hall–Kier alpha value is -1.04. The van der Waals surface area contributed by atoms with Crippen molar-refractivity contribution >= 4 is 24.3 Å². The maximum Gasteiger partial charge on any atom is 3.00 e. The zero-order valence-electron chi connectivity index (χ0n) is 16.5. The number of hydrogen-bond acceptors (Lipinski definition) is 1. The summed E-state index contributed by atoms with van der Waals surface area (Å²) in [7, 11) is 1.43. The fourth-order valence-electron chi connectivity index (χ4n) is 3.21. The van der Waals surface area contributed by atoms with Gasteiger partial charge in [-0.3, -0.25) is 0 Å². The molecule has 0 saturated heterocycles. The van der Waals surface area contributed by atoms with E-state index < -0.39 is 0 Å². The first kappa shape index (κ1) is 26.0. The van der Waals surface area contributed by atoms with Gasteiger partial charge in [-0.25, -0.2) is 0 Å². The van der Waals surface area contributed by atoms with E-state index in [2.05, 4.69) is 74.5 Å². The van der Waals surface area contributed by atoms with Crippen molar-refractivity contribution in [2.24, 2.45) is 0 Å². The molecule has 0 N–H and O–H groups in total. The van der Waals surface area contributed by atoms with Crippen molar-refractivity contribution < 1.29 is 55.4 Å². The topological polar surface area (TPSA) is 13.1 Å². The third kappa shape index (κ3) is 5.99. The molecule has 1 aliphatic heterocycles. The molecule has 2 aromatic carbocycles. The zero-order chi connectivity index (χ0) is 17.9. The number of hydrogen-bond donors (Lipinski definition) is 0. The van der Waals surface area contributed by atoms with Crippen LogP contribution in [-0.2, 0) is 32.6 Å². The largest absolute Gasteiger partial charge is 3.00 e. The molecule has 1 aliphatic carbocycles. The Balaban J connectivity index is 0.000000285. The van der Waals surface area contributed by atoms with Gasteiger partial charge >= 0.3 is 26.2 Å². The van der Waals surface area contributed by atoms with E-state index >= 15 is 0 Å². The van der Waals surface area contributed by atoms with Crippen molar-refractivity contribution in [2.45, 2.75) is 26.7 Å². The number of benzene rings is 1. The number of allylic oxidation sites excluding steroid dienone is 6. The van der Waals surface area contributed by atoms with Crippen molar-refractivity contribution in [1.29, 1.82) is 0 Å². The Morgan fingerprint density at radius 3 is 2.45 bits per heavy atom. The number of halogens is 2. The van der Waals surface area contributed by atoms with E-state index in [1.54, 1.807) is 5.29 Å². The van der Waals surface area contributed by atoms with Gasteiger partial charge in [0, 0.05) is 11.7 Å². The van der Waals surface area contributed by atoms with Crippen LogP contribution in [0.15, 0.2) is 88.1 Å². The molecule has 0 bridgehead atoms. The molecule has 2 aliphatic rings. The van der Waals surface area contributed by atoms with E-state index in [0.717, 1.165) is 17.9 Å². The van der Waals surface area contributed by atoms with Crippen LogP contribution in [0.25, 0.3) is 22.1 Å². The number of aryl methyl sites for hydroxylation is 1. The van der Waals surface area contributed by atoms with E-state index in [4.69, 9.17) is 4.42 Å². The first-order chi connectivity index (χ1) is 12.8. The molecule has 29 heavy (non-hydrogen) atoms. The fourth-order valence-corrected chi connectivity index (χ4v) is 4.31. The predicted octanol–water partition coefficient (Wildman–Crippen LogP) is 1.30. The average Bonchev–Trinajstić information content (AvgIpc) is 3.43. The summed E-state index contributed by atoms with van der Waals surface area (Å²) >= 11 is 0. The summed E-state index contributed by atoms with van der Waals surface area (Å²) in [4.78, 5) is 0. The summed E-state index contributed by atoms with van der Waals surface area (Å²) in [6, 6.07) is 16.8. The number of fused-ring (bicyclic) bond motifs is 2. The maximum atomic E-state index is 5.75. The average molecular weight is 520 g/mol. The van der Waals surface area contributed by atoms with Crippen LogP contribution in [0.1, 0.15) is 26.0 Å². The molecule has 0 unspecified atom stereocenters. The molecule has 1 nitrogen and oxygen atoms in total. The molecule has 3 aromatic rings. The van der Waals surface area contributed by atoms with Crippen LogP contribution >= 0.6 is 8.20 Å². The van der Waals surface area contributed by atoms with E-state index in [9.17, 15) is 0 Å². The predicted molar refractivity (Wildman–Crippen MR) is 114 cm³/mol. The molecular formula is C24H22Cl2OPZr. The van der Waals surface area contributed by atoms with Gasteiger partial charge in [-0.2, -0.15) is 0 Å². The summed E-state index contributed by atoms with van der Waals surface area (Å²) < 4.78 is 5.75. The molecule has 1 aromatic heterocycles. The van der Waals surface area contributed by atoms with Gasteiger partial charge < -0.3 is 29.2 Å². The number of rotatable bonds is 3. The molecule has 0 atom stereocenters. The van der Waals surface area contributed by atoms with Crippen molar-refractivity contribution in [3.8, 4) is 11.3 Å². The quantitative estimate of drug-likeness (QED) is 0.376. The Labute approximate surface area is 206 Å². The summed E-state index contributed by atoms with van der Waals surface area (Å²) in [5.74, 6) is 2.01.